The van der Waals surface area contributed by atoms with E-state index in [0.29, 0.717) is 16.9 Å². The molecule has 1 aromatic carbocycles. The van der Waals surface area contributed by atoms with Gasteiger partial charge in [-0.15, -0.1) is 0 Å². The van der Waals surface area contributed by atoms with Crippen LogP contribution in [0.1, 0.15) is 43.1 Å². The van der Waals surface area contributed by atoms with Gasteiger partial charge in [-0.25, -0.2) is 0 Å². The topological polar surface area (TPSA) is 74.4 Å². The molecule has 1 aromatic heterocycles. The molecule has 2 fully saturated rings. The van der Waals surface area contributed by atoms with E-state index in [1.54, 1.807) is 20.1 Å². The predicted molar refractivity (Wildman–Crippen MR) is 99.3 cm³/mol. The van der Waals surface area contributed by atoms with Gasteiger partial charge < -0.3 is 19.9 Å². The number of H-pyrrole nitrogens is 1. The maximum absolute atomic E-state index is 12.6. The smallest absolute Gasteiger partial charge is 0.268 e. The molecule has 2 aliphatic rings. The second-order valence-corrected chi connectivity index (χ2v) is 7.63. The second-order valence-electron chi connectivity index (χ2n) is 7.63. The van der Waals surface area contributed by atoms with E-state index in [4.69, 9.17) is 4.74 Å². The number of hydrogen-bond acceptors (Lipinski definition) is 3. The minimum absolute atomic E-state index is 0.00235. The highest BCUT2D eigenvalue weighted by Gasteiger charge is 2.45. The van der Waals surface area contributed by atoms with Crippen LogP contribution in [-0.4, -0.2) is 47.9 Å². The molecule has 1 saturated heterocycles. The van der Waals surface area contributed by atoms with E-state index < -0.39 is 6.04 Å². The van der Waals surface area contributed by atoms with Gasteiger partial charge in [0.15, 0.2) is 0 Å². The molecule has 1 aliphatic carbocycles. The third-order valence-electron chi connectivity index (χ3n) is 5.89. The second kappa shape index (κ2) is 6.34. The van der Waals surface area contributed by atoms with Gasteiger partial charge in [0.1, 0.15) is 17.5 Å². The van der Waals surface area contributed by atoms with Gasteiger partial charge in [-0.1, -0.05) is 12.1 Å². The van der Waals surface area contributed by atoms with Crippen LogP contribution < -0.4 is 10.1 Å². The first kappa shape index (κ1) is 16.9. The van der Waals surface area contributed by atoms with Crippen LogP contribution in [0.2, 0.25) is 0 Å². The van der Waals surface area contributed by atoms with Gasteiger partial charge in [0.25, 0.3) is 5.91 Å². The van der Waals surface area contributed by atoms with E-state index in [9.17, 15) is 9.59 Å². The molecule has 0 radical (unpaired) electrons. The summed E-state index contributed by atoms with van der Waals surface area (Å²) in [5, 5.41) is 3.73. The summed E-state index contributed by atoms with van der Waals surface area (Å²) in [6, 6.07) is 6.88. The number of fused-ring (bicyclic) bond motifs is 1. The third-order valence-corrected chi connectivity index (χ3v) is 5.89. The van der Waals surface area contributed by atoms with Crippen LogP contribution >= 0.6 is 0 Å². The van der Waals surface area contributed by atoms with Gasteiger partial charge in [0.05, 0.1) is 12.6 Å². The molecule has 2 amide bonds. The first-order chi connectivity index (χ1) is 12.5. The van der Waals surface area contributed by atoms with Crippen LogP contribution in [0.3, 0.4) is 0 Å². The number of carbonyl (C=O) groups is 2. The van der Waals surface area contributed by atoms with Gasteiger partial charge in [-0.05, 0) is 50.2 Å². The maximum atomic E-state index is 12.6. The lowest BCUT2D eigenvalue weighted by Crippen LogP contribution is -2.49. The Morgan fingerprint density at radius 3 is 2.62 bits per heavy atom. The van der Waals surface area contributed by atoms with E-state index in [1.807, 2.05) is 23.1 Å². The molecule has 1 saturated carbocycles. The summed E-state index contributed by atoms with van der Waals surface area (Å²) in [6.07, 6.45) is 4.82. The predicted octanol–water partition coefficient (Wildman–Crippen LogP) is 2.70. The number of piperidine rings is 1. The number of nitrogens with one attached hydrogen (secondary N) is 2. The minimum atomic E-state index is -0.538. The Kier molecular flexibility index (Phi) is 4.13. The molecule has 0 bridgehead atoms. The number of aromatic nitrogens is 1. The fourth-order valence-electron chi connectivity index (χ4n) is 3.91. The number of ether oxygens (including phenoxy) is 1. The molecule has 0 unspecified atom stereocenters. The molecule has 1 atom stereocenters. The molecular formula is C20H25N3O3. The van der Waals surface area contributed by atoms with Gasteiger partial charge in [0, 0.05) is 18.5 Å². The number of amides is 2. The van der Waals surface area contributed by atoms with Crippen molar-refractivity contribution in [1.29, 1.82) is 0 Å². The van der Waals surface area contributed by atoms with Crippen molar-refractivity contribution in [3.05, 3.63) is 30.0 Å². The Morgan fingerprint density at radius 1 is 1.23 bits per heavy atom. The highest BCUT2D eigenvalue weighted by atomic mass is 16.5. The van der Waals surface area contributed by atoms with Crippen molar-refractivity contribution < 1.29 is 14.3 Å². The number of aromatic amines is 1. The number of nitrogens with zero attached hydrogens (tertiary/aromatic N) is 1. The van der Waals surface area contributed by atoms with Crippen molar-refractivity contribution in [2.75, 3.05) is 20.2 Å². The summed E-state index contributed by atoms with van der Waals surface area (Å²) in [6.45, 7) is 3.37. The van der Waals surface area contributed by atoms with Crippen molar-refractivity contribution in [2.45, 2.75) is 38.6 Å². The number of para-hydroxylation sites is 1. The molecule has 1 aliphatic heterocycles. The van der Waals surface area contributed by atoms with E-state index in [-0.39, 0.29) is 11.8 Å². The van der Waals surface area contributed by atoms with Crippen LogP contribution in [0.15, 0.2) is 24.3 Å². The van der Waals surface area contributed by atoms with E-state index >= 15 is 0 Å². The number of likely N-dealkylation sites (tertiary alicyclic amines) is 1. The van der Waals surface area contributed by atoms with Crippen LogP contribution in [0.5, 0.6) is 5.75 Å². The first-order valence-corrected chi connectivity index (χ1v) is 9.27. The highest BCUT2D eigenvalue weighted by molar-refractivity contribution is 6.01. The molecule has 2 heterocycles. The van der Waals surface area contributed by atoms with Crippen LogP contribution in [0.25, 0.3) is 10.9 Å². The summed E-state index contributed by atoms with van der Waals surface area (Å²) < 4.78 is 5.32. The van der Waals surface area contributed by atoms with E-state index in [0.717, 1.165) is 36.8 Å². The van der Waals surface area contributed by atoms with Crippen molar-refractivity contribution >= 4 is 22.7 Å². The van der Waals surface area contributed by atoms with Crippen molar-refractivity contribution in [2.24, 2.45) is 5.41 Å². The first-order valence-electron chi connectivity index (χ1n) is 9.27. The fraction of sp³-hybridized carbons (Fsp3) is 0.500. The largest absolute Gasteiger partial charge is 0.495 e. The Morgan fingerprint density at radius 2 is 1.96 bits per heavy atom. The number of carbonyl (C=O) groups excluding carboxylic acids is 2. The molecule has 26 heavy (non-hydrogen) atoms. The SMILES string of the molecule is COc1cccc2cc(C(=O)N[C@@H](C)C(=O)N3CCC4(CC3)CC4)[nH]c12. The molecule has 138 valence electrons. The molecule has 1 spiro atoms. The standard InChI is InChI=1S/C20H25N3O3/c1-13(19(25)23-10-8-20(6-7-20)9-11-23)21-18(24)15-12-14-4-3-5-16(26-2)17(14)22-15/h3-5,12-13,22H,6-11H2,1-2H3,(H,21,24)/t13-/m0/s1. The summed E-state index contributed by atoms with van der Waals surface area (Å²) in [7, 11) is 1.60. The lowest BCUT2D eigenvalue weighted by atomic mass is 9.93. The molecule has 4 rings (SSSR count). The lowest BCUT2D eigenvalue weighted by molar-refractivity contribution is -0.134. The van der Waals surface area contributed by atoms with Crippen molar-refractivity contribution in [1.82, 2.24) is 15.2 Å². The third kappa shape index (κ3) is 3.04. The van der Waals surface area contributed by atoms with Crippen molar-refractivity contribution in [3.8, 4) is 5.75 Å². The van der Waals surface area contributed by atoms with Gasteiger partial charge in [0.2, 0.25) is 5.91 Å². The molecule has 2 aromatic rings. The normalized spacial score (nSPS) is 19.4. The fourth-order valence-corrected chi connectivity index (χ4v) is 3.91. The highest BCUT2D eigenvalue weighted by Crippen LogP contribution is 2.53. The maximum Gasteiger partial charge on any atom is 0.268 e. The van der Waals surface area contributed by atoms with Gasteiger partial charge in [-0.2, -0.15) is 0 Å². The number of benzene rings is 1. The van der Waals surface area contributed by atoms with Crippen LogP contribution in [0.4, 0.5) is 0 Å². The average molecular weight is 355 g/mol. The minimum Gasteiger partial charge on any atom is -0.495 e. The summed E-state index contributed by atoms with van der Waals surface area (Å²) in [5.41, 5.74) is 1.75. The summed E-state index contributed by atoms with van der Waals surface area (Å²) in [4.78, 5) is 30.2. The van der Waals surface area contributed by atoms with Crippen molar-refractivity contribution in [3.63, 3.8) is 0 Å². The molecule has 6 heteroatoms. The molecular weight excluding hydrogens is 330 g/mol. The zero-order valence-corrected chi connectivity index (χ0v) is 15.3. The zero-order valence-electron chi connectivity index (χ0n) is 15.3. The zero-order chi connectivity index (χ0) is 18.3. The Hall–Kier alpha value is -2.50. The van der Waals surface area contributed by atoms with E-state index in [2.05, 4.69) is 10.3 Å². The van der Waals surface area contributed by atoms with Crippen LogP contribution in [0, 0.1) is 5.41 Å². The number of methoxy groups -OCH3 is 1. The van der Waals surface area contributed by atoms with Crippen LogP contribution in [-0.2, 0) is 4.79 Å². The monoisotopic (exact) mass is 355 g/mol. The number of rotatable bonds is 4. The van der Waals surface area contributed by atoms with Gasteiger partial charge >= 0.3 is 0 Å². The molecule has 2 N–H and O–H groups in total. The van der Waals surface area contributed by atoms with Gasteiger partial charge in [-0.3, -0.25) is 9.59 Å². The quantitative estimate of drug-likeness (QED) is 0.885. The Balaban J connectivity index is 1.41. The summed E-state index contributed by atoms with van der Waals surface area (Å²) in [5.74, 6) is 0.412. The average Bonchev–Trinajstić information content (AvgIpc) is 3.25. The Labute approximate surface area is 152 Å². The lowest BCUT2D eigenvalue weighted by Gasteiger charge is -2.33. The van der Waals surface area contributed by atoms with E-state index in [1.165, 1.54) is 12.8 Å². The summed E-state index contributed by atoms with van der Waals surface area (Å²) >= 11 is 0. The number of hydrogen-bond donors (Lipinski definition) is 2. The Bertz CT molecular complexity index is 843. The molecule has 6 nitrogen and oxygen atoms in total.